The zero-order chi connectivity index (χ0) is 17.5. The molecular weight excluding hydrogens is 315 g/mol. The molecule has 0 saturated carbocycles. The van der Waals surface area contributed by atoms with Crippen LogP contribution in [0, 0.1) is 5.82 Å². The Morgan fingerprint density at radius 1 is 1.29 bits per heavy atom. The smallest absolute Gasteiger partial charge is 0.337 e. The average molecular weight is 334 g/mol. The molecule has 0 unspecified atom stereocenters. The van der Waals surface area contributed by atoms with Crippen molar-refractivity contribution in [1.82, 2.24) is 9.55 Å². The maximum absolute atomic E-state index is 13.6. The lowest BCUT2D eigenvalue weighted by atomic mass is 10.1. The van der Waals surface area contributed by atoms with Crippen LogP contribution in [0.4, 0.5) is 4.39 Å². The van der Waals surface area contributed by atoms with Crippen molar-refractivity contribution in [2.75, 3.05) is 13.7 Å². The van der Waals surface area contributed by atoms with Gasteiger partial charge in [-0.3, -0.25) is 9.36 Å². The van der Waals surface area contributed by atoms with Crippen LogP contribution in [0.2, 0.25) is 0 Å². The van der Waals surface area contributed by atoms with Crippen LogP contribution < -0.4 is 10.3 Å². The van der Waals surface area contributed by atoms with Gasteiger partial charge in [0.15, 0.2) is 0 Å². The Hall–Kier alpha value is -2.70. The van der Waals surface area contributed by atoms with Crippen LogP contribution in [0.3, 0.4) is 0 Å². The van der Waals surface area contributed by atoms with Crippen LogP contribution in [0.5, 0.6) is 6.01 Å². The molecule has 0 bridgehead atoms. The van der Waals surface area contributed by atoms with Gasteiger partial charge in [-0.2, -0.15) is 4.39 Å². The summed E-state index contributed by atoms with van der Waals surface area (Å²) in [6, 6.07) is 6.57. The van der Waals surface area contributed by atoms with E-state index in [1.807, 2.05) is 6.92 Å². The SMILES string of the molecule is CCCCOc1ncc(F)c(=O)n1Cc1ccc(C(=O)OC)cc1. The number of halogens is 1. The standard InChI is InChI=1S/C17H19FN2O4/c1-3-4-9-24-17-19-10-14(18)15(21)20(17)11-12-5-7-13(8-6-12)16(22)23-2/h5-8,10H,3-4,9,11H2,1-2H3. The molecule has 1 aromatic heterocycles. The van der Waals surface area contributed by atoms with Crippen molar-refractivity contribution in [2.24, 2.45) is 0 Å². The van der Waals surface area contributed by atoms with Gasteiger partial charge in [0.1, 0.15) is 0 Å². The number of ether oxygens (including phenoxy) is 2. The van der Waals surface area contributed by atoms with Crippen LogP contribution in [0.25, 0.3) is 0 Å². The number of rotatable bonds is 7. The van der Waals surface area contributed by atoms with Gasteiger partial charge in [0, 0.05) is 0 Å². The molecule has 24 heavy (non-hydrogen) atoms. The number of methoxy groups -OCH3 is 1. The van der Waals surface area contributed by atoms with E-state index < -0.39 is 17.3 Å². The van der Waals surface area contributed by atoms with E-state index in [0.717, 1.165) is 23.6 Å². The summed E-state index contributed by atoms with van der Waals surface area (Å²) in [6.07, 6.45) is 2.60. The minimum absolute atomic E-state index is 0.0758. The lowest BCUT2D eigenvalue weighted by molar-refractivity contribution is 0.0600. The lowest BCUT2D eigenvalue weighted by Gasteiger charge is -2.12. The van der Waals surface area contributed by atoms with E-state index >= 15 is 0 Å². The van der Waals surface area contributed by atoms with Crippen LogP contribution in [0.15, 0.2) is 35.3 Å². The molecule has 0 amide bonds. The van der Waals surface area contributed by atoms with Crippen molar-refractivity contribution < 1.29 is 18.7 Å². The van der Waals surface area contributed by atoms with Gasteiger partial charge in [-0.1, -0.05) is 25.5 Å². The zero-order valence-electron chi connectivity index (χ0n) is 13.6. The molecule has 128 valence electrons. The second kappa shape index (κ2) is 8.24. The number of hydrogen-bond acceptors (Lipinski definition) is 5. The highest BCUT2D eigenvalue weighted by Crippen LogP contribution is 2.11. The fourth-order valence-corrected chi connectivity index (χ4v) is 2.06. The quantitative estimate of drug-likeness (QED) is 0.574. The van der Waals surface area contributed by atoms with Crippen LogP contribution in [-0.4, -0.2) is 29.2 Å². The molecular formula is C17H19FN2O4. The summed E-state index contributed by atoms with van der Waals surface area (Å²) in [7, 11) is 1.30. The molecule has 1 aromatic carbocycles. The summed E-state index contributed by atoms with van der Waals surface area (Å²) >= 11 is 0. The molecule has 0 atom stereocenters. The molecule has 0 aliphatic carbocycles. The summed E-state index contributed by atoms with van der Waals surface area (Å²) in [6.45, 7) is 2.50. The van der Waals surface area contributed by atoms with Gasteiger partial charge in [0.2, 0.25) is 5.82 Å². The minimum atomic E-state index is -0.941. The van der Waals surface area contributed by atoms with E-state index in [0.29, 0.717) is 17.7 Å². The van der Waals surface area contributed by atoms with Gasteiger partial charge in [-0.25, -0.2) is 9.78 Å². The number of carbonyl (C=O) groups excluding carboxylic acids is 1. The van der Waals surface area contributed by atoms with Gasteiger partial charge in [0.05, 0.1) is 32.0 Å². The molecule has 0 aliphatic rings. The molecule has 0 N–H and O–H groups in total. The Balaban J connectivity index is 2.25. The summed E-state index contributed by atoms with van der Waals surface area (Å²) < 4.78 is 24.8. The molecule has 6 nitrogen and oxygen atoms in total. The van der Waals surface area contributed by atoms with E-state index in [4.69, 9.17) is 4.74 Å². The third-order valence-corrected chi connectivity index (χ3v) is 3.41. The first-order valence-corrected chi connectivity index (χ1v) is 7.62. The summed E-state index contributed by atoms with van der Waals surface area (Å²) in [4.78, 5) is 27.3. The third-order valence-electron chi connectivity index (χ3n) is 3.41. The second-order valence-electron chi connectivity index (χ2n) is 5.17. The number of aromatic nitrogens is 2. The van der Waals surface area contributed by atoms with Gasteiger partial charge in [0.25, 0.3) is 11.6 Å². The maximum atomic E-state index is 13.6. The molecule has 7 heteroatoms. The first-order valence-electron chi connectivity index (χ1n) is 7.62. The molecule has 1 heterocycles. The average Bonchev–Trinajstić information content (AvgIpc) is 2.61. The van der Waals surface area contributed by atoms with Gasteiger partial charge in [-0.15, -0.1) is 0 Å². The minimum Gasteiger partial charge on any atom is -0.465 e. The Bertz CT molecular complexity index is 756. The van der Waals surface area contributed by atoms with Crippen LogP contribution in [-0.2, 0) is 11.3 Å². The number of hydrogen-bond donors (Lipinski definition) is 0. The van der Waals surface area contributed by atoms with Crippen LogP contribution in [0.1, 0.15) is 35.7 Å². The molecule has 0 fully saturated rings. The third kappa shape index (κ3) is 4.18. The van der Waals surface area contributed by atoms with Gasteiger partial charge >= 0.3 is 5.97 Å². The van der Waals surface area contributed by atoms with Gasteiger partial charge < -0.3 is 9.47 Å². The number of esters is 1. The largest absolute Gasteiger partial charge is 0.465 e. The Morgan fingerprint density at radius 2 is 2.00 bits per heavy atom. The second-order valence-corrected chi connectivity index (χ2v) is 5.17. The highest BCUT2D eigenvalue weighted by Gasteiger charge is 2.12. The van der Waals surface area contributed by atoms with E-state index in [9.17, 15) is 14.0 Å². The van der Waals surface area contributed by atoms with Crippen molar-refractivity contribution in [3.63, 3.8) is 0 Å². The highest BCUT2D eigenvalue weighted by atomic mass is 19.1. The summed E-state index contributed by atoms with van der Waals surface area (Å²) in [5.41, 5.74) is 0.302. The molecule has 0 spiro atoms. The summed E-state index contributed by atoms with van der Waals surface area (Å²) in [5.74, 6) is -1.39. The Kier molecular flexibility index (Phi) is 6.06. The molecule has 0 saturated heterocycles. The van der Waals surface area contributed by atoms with Crippen LogP contribution >= 0.6 is 0 Å². The number of carbonyl (C=O) groups is 1. The number of nitrogens with zero attached hydrogens (tertiary/aromatic N) is 2. The fraction of sp³-hybridized carbons (Fsp3) is 0.353. The van der Waals surface area contributed by atoms with Crippen molar-refractivity contribution in [3.8, 4) is 6.01 Å². The number of unbranched alkanes of at least 4 members (excludes halogenated alkanes) is 1. The van der Waals surface area contributed by atoms with E-state index in [1.54, 1.807) is 24.3 Å². The predicted molar refractivity (Wildman–Crippen MR) is 85.7 cm³/mol. The van der Waals surface area contributed by atoms with Crippen molar-refractivity contribution in [2.45, 2.75) is 26.3 Å². The maximum Gasteiger partial charge on any atom is 0.337 e. The topological polar surface area (TPSA) is 70.4 Å². The molecule has 0 radical (unpaired) electrons. The van der Waals surface area contributed by atoms with Gasteiger partial charge in [-0.05, 0) is 24.1 Å². The zero-order valence-corrected chi connectivity index (χ0v) is 13.6. The Morgan fingerprint density at radius 3 is 2.62 bits per heavy atom. The summed E-state index contributed by atoms with van der Waals surface area (Å²) in [5, 5.41) is 0. The van der Waals surface area contributed by atoms with E-state index in [2.05, 4.69) is 9.72 Å². The van der Waals surface area contributed by atoms with Crippen molar-refractivity contribution in [3.05, 3.63) is 57.8 Å². The predicted octanol–water partition coefficient (Wildman–Crippen LogP) is 2.40. The van der Waals surface area contributed by atoms with E-state index in [-0.39, 0.29) is 12.6 Å². The molecule has 2 rings (SSSR count). The number of benzene rings is 1. The Labute approximate surface area is 138 Å². The normalized spacial score (nSPS) is 10.5. The van der Waals surface area contributed by atoms with Crippen molar-refractivity contribution >= 4 is 5.97 Å². The highest BCUT2D eigenvalue weighted by molar-refractivity contribution is 5.89. The lowest BCUT2D eigenvalue weighted by Crippen LogP contribution is -2.26. The fourth-order valence-electron chi connectivity index (χ4n) is 2.06. The first-order chi connectivity index (χ1) is 11.6. The molecule has 0 aliphatic heterocycles. The monoisotopic (exact) mass is 334 g/mol. The first kappa shape index (κ1) is 17.7. The van der Waals surface area contributed by atoms with Crippen molar-refractivity contribution in [1.29, 1.82) is 0 Å². The molecule has 2 aromatic rings. The van der Waals surface area contributed by atoms with E-state index in [1.165, 1.54) is 7.11 Å².